The molecular weight excluding hydrogens is 278 g/mol. The second kappa shape index (κ2) is 8.66. The van der Waals surface area contributed by atoms with E-state index in [1.54, 1.807) is 21.3 Å². The minimum Gasteiger partial charge on any atom is -0.496 e. The molecule has 1 aromatic carbocycles. The minimum atomic E-state index is 0.429. The molecule has 0 bridgehead atoms. The van der Waals surface area contributed by atoms with Gasteiger partial charge in [-0.2, -0.15) is 0 Å². The van der Waals surface area contributed by atoms with Crippen LogP contribution < -0.4 is 14.2 Å². The third kappa shape index (κ3) is 4.39. The van der Waals surface area contributed by atoms with Crippen molar-refractivity contribution in [2.75, 3.05) is 21.3 Å². The van der Waals surface area contributed by atoms with Gasteiger partial charge in [-0.1, -0.05) is 32.1 Å². The van der Waals surface area contributed by atoms with Crippen LogP contribution in [0.4, 0.5) is 0 Å². The fourth-order valence-corrected chi connectivity index (χ4v) is 2.92. The molecule has 4 nitrogen and oxygen atoms in total. The van der Waals surface area contributed by atoms with Crippen molar-refractivity contribution in [1.82, 2.24) is 0 Å². The maximum Gasteiger partial charge on any atom is 0.164 e. The number of rotatable bonds is 5. The van der Waals surface area contributed by atoms with Gasteiger partial charge in [0.25, 0.3) is 0 Å². The van der Waals surface area contributed by atoms with Gasteiger partial charge < -0.3 is 14.2 Å². The lowest BCUT2D eigenvalue weighted by atomic mass is 9.97. The zero-order valence-corrected chi connectivity index (χ0v) is 13.9. The van der Waals surface area contributed by atoms with Crippen molar-refractivity contribution in [1.29, 1.82) is 0 Å². The van der Waals surface area contributed by atoms with E-state index < -0.39 is 0 Å². The third-order valence-electron chi connectivity index (χ3n) is 4.24. The molecule has 0 heterocycles. The van der Waals surface area contributed by atoms with Crippen LogP contribution >= 0.6 is 0 Å². The summed E-state index contributed by atoms with van der Waals surface area (Å²) in [7, 11) is 4.92. The maximum atomic E-state index is 5.45. The Morgan fingerprint density at radius 2 is 1.36 bits per heavy atom. The molecule has 0 aromatic heterocycles. The predicted octanol–water partition coefficient (Wildman–Crippen LogP) is 4.24. The molecule has 1 fully saturated rings. The lowest BCUT2D eigenvalue weighted by Gasteiger charge is -2.16. The summed E-state index contributed by atoms with van der Waals surface area (Å²) in [4.78, 5) is 4.79. The summed E-state index contributed by atoms with van der Waals surface area (Å²) in [6.07, 6.45) is 10.9. The van der Waals surface area contributed by atoms with Crippen molar-refractivity contribution < 1.29 is 14.2 Å². The third-order valence-corrected chi connectivity index (χ3v) is 4.24. The lowest BCUT2D eigenvalue weighted by Crippen LogP contribution is -2.07. The van der Waals surface area contributed by atoms with E-state index in [-0.39, 0.29) is 0 Å². The highest BCUT2D eigenvalue weighted by Crippen LogP contribution is 2.34. The molecule has 0 spiro atoms. The first-order valence-corrected chi connectivity index (χ1v) is 8.11. The van der Waals surface area contributed by atoms with E-state index in [1.807, 2.05) is 18.3 Å². The van der Waals surface area contributed by atoms with Crippen LogP contribution in [0.1, 0.15) is 50.5 Å². The maximum absolute atomic E-state index is 5.45. The van der Waals surface area contributed by atoms with Crippen LogP contribution in [-0.4, -0.2) is 33.6 Å². The number of hydrogen-bond donors (Lipinski definition) is 0. The summed E-state index contributed by atoms with van der Waals surface area (Å²) in [5.74, 6) is 2.12. The Balaban J connectivity index is 2.17. The molecule has 0 atom stereocenters. The highest BCUT2D eigenvalue weighted by atomic mass is 16.5. The molecule has 0 radical (unpaired) electrons. The summed E-state index contributed by atoms with van der Waals surface area (Å²) in [6.45, 7) is 0. The van der Waals surface area contributed by atoms with E-state index in [0.717, 1.165) is 11.3 Å². The molecule has 0 amide bonds. The number of methoxy groups -OCH3 is 3. The quantitative estimate of drug-likeness (QED) is 0.764. The van der Waals surface area contributed by atoms with Crippen molar-refractivity contribution >= 4 is 6.21 Å². The van der Waals surface area contributed by atoms with Crippen molar-refractivity contribution in [3.8, 4) is 17.2 Å². The molecule has 0 N–H and O–H groups in total. The van der Waals surface area contributed by atoms with Crippen LogP contribution in [0.15, 0.2) is 17.1 Å². The summed E-state index contributed by atoms with van der Waals surface area (Å²) < 4.78 is 16.1. The van der Waals surface area contributed by atoms with Gasteiger partial charge in [0.15, 0.2) is 11.5 Å². The van der Waals surface area contributed by atoms with Gasteiger partial charge in [-0.25, -0.2) is 0 Å². The topological polar surface area (TPSA) is 40.0 Å². The Hall–Kier alpha value is -1.71. The Bertz CT molecular complexity index is 491. The number of hydrogen-bond acceptors (Lipinski definition) is 4. The van der Waals surface area contributed by atoms with Crippen molar-refractivity contribution in [3.63, 3.8) is 0 Å². The van der Waals surface area contributed by atoms with Crippen molar-refractivity contribution in [3.05, 3.63) is 17.7 Å². The molecule has 1 aromatic rings. The minimum absolute atomic E-state index is 0.429. The van der Waals surface area contributed by atoms with Crippen molar-refractivity contribution in [2.45, 2.75) is 51.0 Å². The zero-order valence-electron chi connectivity index (χ0n) is 13.9. The highest BCUT2D eigenvalue weighted by molar-refractivity contribution is 5.85. The first-order chi connectivity index (χ1) is 10.8. The van der Waals surface area contributed by atoms with Crippen LogP contribution in [0.25, 0.3) is 0 Å². The first kappa shape index (κ1) is 16.7. The number of ether oxygens (including phenoxy) is 3. The van der Waals surface area contributed by atoms with Crippen LogP contribution in [0.2, 0.25) is 0 Å². The molecular formula is C18H27NO3. The Labute approximate surface area is 133 Å². The van der Waals surface area contributed by atoms with Crippen LogP contribution in [0.5, 0.6) is 17.2 Å². The van der Waals surface area contributed by atoms with E-state index >= 15 is 0 Å². The average Bonchev–Trinajstić information content (AvgIpc) is 2.53. The molecule has 1 aliphatic rings. The van der Waals surface area contributed by atoms with Gasteiger partial charge in [0, 0.05) is 23.9 Å². The molecule has 2 rings (SSSR count). The first-order valence-electron chi connectivity index (χ1n) is 8.11. The Morgan fingerprint density at radius 3 is 1.95 bits per heavy atom. The number of benzene rings is 1. The van der Waals surface area contributed by atoms with Gasteiger partial charge in [0.05, 0.1) is 21.3 Å². The Morgan fingerprint density at radius 1 is 0.818 bits per heavy atom. The lowest BCUT2D eigenvalue weighted by molar-refractivity contribution is 0.349. The van der Waals surface area contributed by atoms with Crippen LogP contribution in [0, 0.1) is 0 Å². The second-order valence-corrected chi connectivity index (χ2v) is 5.73. The van der Waals surface area contributed by atoms with Gasteiger partial charge in [-0.15, -0.1) is 0 Å². The van der Waals surface area contributed by atoms with E-state index in [9.17, 15) is 0 Å². The fourth-order valence-electron chi connectivity index (χ4n) is 2.92. The molecule has 1 saturated carbocycles. The SMILES string of the molecule is COc1cc(OC)c(OC)cc1C=NC1CCCCCCC1. The van der Waals surface area contributed by atoms with Gasteiger partial charge in [-0.3, -0.25) is 4.99 Å². The van der Waals surface area contributed by atoms with Crippen molar-refractivity contribution in [2.24, 2.45) is 4.99 Å². The van der Waals surface area contributed by atoms with E-state index in [0.29, 0.717) is 17.5 Å². The molecule has 122 valence electrons. The molecule has 0 aliphatic heterocycles. The predicted molar refractivity (Wildman–Crippen MR) is 89.8 cm³/mol. The van der Waals surface area contributed by atoms with Gasteiger partial charge in [0.2, 0.25) is 0 Å². The monoisotopic (exact) mass is 305 g/mol. The smallest absolute Gasteiger partial charge is 0.164 e. The van der Waals surface area contributed by atoms with Gasteiger partial charge >= 0.3 is 0 Å². The molecule has 4 heteroatoms. The summed E-state index contributed by atoms with van der Waals surface area (Å²) >= 11 is 0. The summed E-state index contributed by atoms with van der Waals surface area (Å²) in [6, 6.07) is 4.20. The summed E-state index contributed by atoms with van der Waals surface area (Å²) in [5, 5.41) is 0. The standard InChI is InChI=1S/C18H27NO3/c1-20-16-12-18(22-3)17(21-2)11-14(16)13-19-15-9-7-5-4-6-8-10-15/h11-13,15H,4-10H2,1-3H3. The zero-order chi connectivity index (χ0) is 15.8. The van der Waals surface area contributed by atoms with Crippen LogP contribution in [-0.2, 0) is 0 Å². The summed E-state index contributed by atoms with van der Waals surface area (Å²) in [5.41, 5.74) is 0.933. The highest BCUT2D eigenvalue weighted by Gasteiger charge is 2.12. The van der Waals surface area contributed by atoms with E-state index in [2.05, 4.69) is 0 Å². The average molecular weight is 305 g/mol. The fraction of sp³-hybridized carbons (Fsp3) is 0.611. The molecule has 22 heavy (non-hydrogen) atoms. The largest absolute Gasteiger partial charge is 0.496 e. The molecule has 1 aliphatic carbocycles. The second-order valence-electron chi connectivity index (χ2n) is 5.73. The normalized spacial score (nSPS) is 17.0. The molecule has 0 saturated heterocycles. The van der Waals surface area contributed by atoms with Gasteiger partial charge in [0.1, 0.15) is 5.75 Å². The number of nitrogens with zero attached hydrogens (tertiary/aromatic N) is 1. The van der Waals surface area contributed by atoms with Gasteiger partial charge in [-0.05, 0) is 18.9 Å². The Kier molecular flexibility index (Phi) is 6.56. The number of aliphatic imine (C=N–C) groups is 1. The van der Waals surface area contributed by atoms with Crippen LogP contribution in [0.3, 0.4) is 0 Å². The van der Waals surface area contributed by atoms with E-state index in [4.69, 9.17) is 19.2 Å². The van der Waals surface area contributed by atoms with E-state index in [1.165, 1.54) is 44.9 Å². The molecule has 0 unspecified atom stereocenters.